The van der Waals surface area contributed by atoms with Gasteiger partial charge in [-0.15, -0.1) is 11.3 Å². The molecule has 1 aromatic heterocycles. The molecule has 2 heterocycles. The fourth-order valence-electron chi connectivity index (χ4n) is 2.14. The highest BCUT2D eigenvalue weighted by Crippen LogP contribution is 2.43. The Bertz CT molecular complexity index is 350. The normalized spacial score (nSPS) is 21.9. The summed E-state index contributed by atoms with van der Waals surface area (Å²) in [6.07, 6.45) is 1.08. The summed E-state index contributed by atoms with van der Waals surface area (Å²) in [6, 6.07) is 1.82. The van der Waals surface area contributed by atoms with Crippen molar-refractivity contribution in [2.24, 2.45) is 11.1 Å². The van der Waals surface area contributed by atoms with Crippen molar-refractivity contribution >= 4 is 22.9 Å². The maximum Gasteiger partial charge on any atom is 0.0952 e. The first-order valence-electron chi connectivity index (χ1n) is 5.38. The van der Waals surface area contributed by atoms with E-state index in [-0.39, 0.29) is 5.41 Å². The van der Waals surface area contributed by atoms with E-state index in [0.717, 1.165) is 17.7 Å². The van der Waals surface area contributed by atoms with E-state index in [1.807, 2.05) is 11.4 Å². The van der Waals surface area contributed by atoms with Gasteiger partial charge >= 0.3 is 0 Å². The van der Waals surface area contributed by atoms with Crippen molar-refractivity contribution in [1.82, 2.24) is 0 Å². The lowest BCUT2D eigenvalue weighted by Gasteiger charge is -2.39. The second kappa shape index (κ2) is 5.02. The summed E-state index contributed by atoms with van der Waals surface area (Å²) >= 11 is 7.36. The molecule has 1 fully saturated rings. The standard InChI is InChI=1S/C11H16ClNO2S/c12-8-5-9(16-6-8)10(14)11(7-13)1-3-15-4-2-11/h5-6,10,14H,1-4,7,13H2. The van der Waals surface area contributed by atoms with Crippen LogP contribution in [-0.2, 0) is 4.74 Å². The van der Waals surface area contributed by atoms with Crippen LogP contribution in [0.25, 0.3) is 0 Å². The molecule has 3 nitrogen and oxygen atoms in total. The van der Waals surface area contributed by atoms with Crippen LogP contribution in [0.1, 0.15) is 23.8 Å². The molecule has 0 saturated carbocycles. The van der Waals surface area contributed by atoms with Crippen molar-refractivity contribution in [2.45, 2.75) is 18.9 Å². The Morgan fingerprint density at radius 2 is 2.25 bits per heavy atom. The quantitative estimate of drug-likeness (QED) is 0.877. The second-order valence-electron chi connectivity index (χ2n) is 4.25. The SMILES string of the molecule is NCC1(C(O)c2cc(Cl)cs2)CCOCC1. The number of hydrogen-bond donors (Lipinski definition) is 2. The van der Waals surface area contributed by atoms with Crippen LogP contribution in [0.3, 0.4) is 0 Å². The van der Waals surface area contributed by atoms with Gasteiger partial charge in [0.15, 0.2) is 0 Å². The van der Waals surface area contributed by atoms with Crippen LogP contribution >= 0.6 is 22.9 Å². The average Bonchev–Trinajstić information content (AvgIpc) is 2.76. The summed E-state index contributed by atoms with van der Waals surface area (Å²) in [5.74, 6) is 0. The van der Waals surface area contributed by atoms with Crippen LogP contribution in [0.4, 0.5) is 0 Å². The summed E-state index contributed by atoms with van der Waals surface area (Å²) < 4.78 is 5.33. The Kier molecular flexibility index (Phi) is 3.87. The minimum absolute atomic E-state index is 0.244. The van der Waals surface area contributed by atoms with Crippen molar-refractivity contribution in [2.75, 3.05) is 19.8 Å². The molecular weight excluding hydrogens is 246 g/mol. The summed E-state index contributed by atoms with van der Waals surface area (Å²) in [7, 11) is 0. The van der Waals surface area contributed by atoms with E-state index in [1.54, 1.807) is 0 Å². The minimum atomic E-state index is -0.529. The van der Waals surface area contributed by atoms with Gasteiger partial charge in [0.25, 0.3) is 0 Å². The maximum absolute atomic E-state index is 10.4. The molecule has 3 N–H and O–H groups in total. The highest BCUT2D eigenvalue weighted by atomic mass is 35.5. The van der Waals surface area contributed by atoms with Gasteiger partial charge in [-0.25, -0.2) is 0 Å². The molecule has 16 heavy (non-hydrogen) atoms. The highest BCUT2D eigenvalue weighted by molar-refractivity contribution is 7.10. The lowest BCUT2D eigenvalue weighted by molar-refractivity contribution is -0.0567. The summed E-state index contributed by atoms with van der Waals surface area (Å²) in [4.78, 5) is 0.900. The monoisotopic (exact) mass is 261 g/mol. The Hall–Kier alpha value is -0.130. The molecule has 1 aromatic rings. The van der Waals surface area contributed by atoms with Gasteiger partial charge < -0.3 is 15.6 Å². The number of rotatable bonds is 3. The van der Waals surface area contributed by atoms with Gasteiger partial charge in [-0.1, -0.05) is 11.6 Å². The number of ether oxygens (including phenoxy) is 1. The molecule has 0 radical (unpaired) electrons. The van der Waals surface area contributed by atoms with Crippen molar-refractivity contribution < 1.29 is 9.84 Å². The summed E-state index contributed by atoms with van der Waals surface area (Å²) in [5, 5.41) is 12.9. The molecule has 1 unspecified atom stereocenters. The van der Waals surface area contributed by atoms with Gasteiger partial charge in [-0.2, -0.15) is 0 Å². The first-order valence-corrected chi connectivity index (χ1v) is 6.63. The Morgan fingerprint density at radius 3 is 2.75 bits per heavy atom. The van der Waals surface area contributed by atoms with Crippen molar-refractivity contribution in [1.29, 1.82) is 0 Å². The van der Waals surface area contributed by atoms with Gasteiger partial charge in [-0.3, -0.25) is 0 Å². The molecule has 90 valence electrons. The van der Waals surface area contributed by atoms with E-state index in [2.05, 4.69) is 0 Å². The number of thiophene rings is 1. The fourth-order valence-corrected chi connectivity index (χ4v) is 3.35. The van der Waals surface area contributed by atoms with Crippen LogP contribution in [0.15, 0.2) is 11.4 Å². The number of hydrogen-bond acceptors (Lipinski definition) is 4. The Labute approximate surface area is 104 Å². The molecule has 1 atom stereocenters. The highest BCUT2D eigenvalue weighted by Gasteiger charge is 2.39. The fraction of sp³-hybridized carbons (Fsp3) is 0.636. The second-order valence-corrected chi connectivity index (χ2v) is 5.63. The molecule has 0 aromatic carbocycles. The number of aliphatic hydroxyl groups is 1. The largest absolute Gasteiger partial charge is 0.387 e. The molecule has 5 heteroatoms. The first-order chi connectivity index (χ1) is 7.68. The number of aliphatic hydroxyl groups excluding tert-OH is 1. The van der Waals surface area contributed by atoms with Crippen LogP contribution < -0.4 is 5.73 Å². The van der Waals surface area contributed by atoms with Gasteiger partial charge in [0.2, 0.25) is 0 Å². The number of halogens is 1. The van der Waals surface area contributed by atoms with E-state index < -0.39 is 6.10 Å². The topological polar surface area (TPSA) is 55.5 Å². The zero-order chi connectivity index (χ0) is 11.6. The summed E-state index contributed by atoms with van der Waals surface area (Å²) in [6.45, 7) is 1.83. The molecule has 1 aliphatic heterocycles. The Balaban J connectivity index is 2.20. The zero-order valence-corrected chi connectivity index (χ0v) is 10.6. The average molecular weight is 262 g/mol. The predicted octanol–water partition coefficient (Wildman–Crippen LogP) is 2.19. The predicted molar refractivity (Wildman–Crippen MR) is 65.8 cm³/mol. The summed E-state index contributed by atoms with van der Waals surface area (Å²) in [5.41, 5.74) is 5.60. The smallest absolute Gasteiger partial charge is 0.0952 e. The zero-order valence-electron chi connectivity index (χ0n) is 8.99. The van der Waals surface area contributed by atoms with Crippen LogP contribution in [0, 0.1) is 5.41 Å². The third-order valence-corrected chi connectivity index (χ3v) is 4.67. The third kappa shape index (κ3) is 2.26. The van der Waals surface area contributed by atoms with E-state index in [0.29, 0.717) is 24.8 Å². The third-order valence-electron chi connectivity index (χ3n) is 3.33. The number of nitrogens with two attached hydrogens (primary N) is 1. The van der Waals surface area contributed by atoms with E-state index >= 15 is 0 Å². The van der Waals surface area contributed by atoms with Gasteiger partial charge in [0.05, 0.1) is 11.1 Å². The lowest BCUT2D eigenvalue weighted by Crippen LogP contribution is -2.41. The molecule has 0 amide bonds. The van der Waals surface area contributed by atoms with E-state index in [1.165, 1.54) is 11.3 Å². The first kappa shape index (κ1) is 12.3. The van der Waals surface area contributed by atoms with Crippen LogP contribution in [0.2, 0.25) is 5.02 Å². The van der Waals surface area contributed by atoms with Gasteiger partial charge in [0.1, 0.15) is 0 Å². The van der Waals surface area contributed by atoms with E-state index in [4.69, 9.17) is 22.1 Å². The van der Waals surface area contributed by atoms with Crippen molar-refractivity contribution in [3.8, 4) is 0 Å². The van der Waals surface area contributed by atoms with E-state index in [9.17, 15) is 5.11 Å². The molecule has 1 aliphatic rings. The lowest BCUT2D eigenvalue weighted by atomic mass is 9.75. The molecule has 1 saturated heterocycles. The van der Waals surface area contributed by atoms with Gasteiger partial charge in [-0.05, 0) is 18.9 Å². The molecular formula is C11H16ClNO2S. The molecule has 0 spiro atoms. The van der Waals surface area contributed by atoms with Crippen molar-refractivity contribution in [3.63, 3.8) is 0 Å². The van der Waals surface area contributed by atoms with Crippen molar-refractivity contribution in [3.05, 3.63) is 21.3 Å². The molecule has 2 rings (SSSR count). The minimum Gasteiger partial charge on any atom is -0.387 e. The van der Waals surface area contributed by atoms with Crippen LogP contribution in [0.5, 0.6) is 0 Å². The molecule has 0 aliphatic carbocycles. The Morgan fingerprint density at radius 1 is 1.56 bits per heavy atom. The van der Waals surface area contributed by atoms with Crippen LogP contribution in [-0.4, -0.2) is 24.9 Å². The van der Waals surface area contributed by atoms with Gasteiger partial charge in [0, 0.05) is 35.4 Å². The molecule has 0 bridgehead atoms. The maximum atomic E-state index is 10.4.